The fraction of sp³-hybridized carbons (Fsp3) is 0.438. The van der Waals surface area contributed by atoms with Gasteiger partial charge in [-0.3, -0.25) is 9.59 Å². The zero-order valence-electron chi connectivity index (χ0n) is 13.8. The highest BCUT2D eigenvalue weighted by molar-refractivity contribution is 6.32. The molecule has 132 valence electrons. The van der Waals surface area contributed by atoms with Crippen molar-refractivity contribution in [3.05, 3.63) is 28.8 Å². The van der Waals surface area contributed by atoms with Crippen LogP contribution in [0.5, 0.6) is 5.75 Å². The van der Waals surface area contributed by atoms with E-state index in [4.69, 9.17) is 21.1 Å². The summed E-state index contributed by atoms with van der Waals surface area (Å²) >= 11 is 6.05. The van der Waals surface area contributed by atoms with Crippen LogP contribution in [0.2, 0.25) is 5.02 Å². The van der Waals surface area contributed by atoms with E-state index in [2.05, 4.69) is 10.1 Å². The molecule has 0 saturated heterocycles. The Bertz CT molecular complexity index is 604. The fourth-order valence-corrected chi connectivity index (χ4v) is 2.27. The number of hydrogen-bond acceptors (Lipinski definition) is 6. The summed E-state index contributed by atoms with van der Waals surface area (Å²) in [5.74, 6) is -1.03. The zero-order valence-corrected chi connectivity index (χ0v) is 14.5. The predicted molar refractivity (Wildman–Crippen MR) is 86.9 cm³/mol. The maximum absolute atomic E-state index is 11.9. The van der Waals surface area contributed by atoms with Gasteiger partial charge in [0.25, 0.3) is 0 Å². The van der Waals surface area contributed by atoms with Gasteiger partial charge in [-0.2, -0.15) is 0 Å². The summed E-state index contributed by atoms with van der Waals surface area (Å²) < 4.78 is 14.2. The molecule has 0 heterocycles. The molecule has 1 atom stereocenters. The highest BCUT2D eigenvalue weighted by atomic mass is 35.5. The molecule has 1 N–H and O–H groups in total. The van der Waals surface area contributed by atoms with E-state index < -0.39 is 23.9 Å². The van der Waals surface area contributed by atoms with Crippen LogP contribution in [0.25, 0.3) is 0 Å². The lowest BCUT2D eigenvalue weighted by molar-refractivity contribution is -0.145. The molecular formula is C16H20ClNO6. The molecule has 24 heavy (non-hydrogen) atoms. The standard InChI is InChI=1S/C16H20ClNO6/c1-22-13-5-4-10(8-11(13)17)9-12(16(21)24-3)18-14(19)6-7-15(20)23-2/h4-5,8,12H,6-7,9H2,1-3H3,(H,18,19)/t12-/m1/s1. The van der Waals surface area contributed by atoms with Gasteiger partial charge in [0.2, 0.25) is 5.91 Å². The smallest absolute Gasteiger partial charge is 0.328 e. The number of hydrogen-bond donors (Lipinski definition) is 1. The largest absolute Gasteiger partial charge is 0.495 e. The van der Waals surface area contributed by atoms with Crippen molar-refractivity contribution in [2.75, 3.05) is 21.3 Å². The summed E-state index contributed by atoms with van der Waals surface area (Å²) in [5, 5.41) is 2.95. The predicted octanol–water partition coefficient (Wildman–Crippen LogP) is 1.50. The van der Waals surface area contributed by atoms with Crippen LogP contribution in [0.1, 0.15) is 18.4 Å². The zero-order chi connectivity index (χ0) is 18.1. The number of amides is 1. The SMILES string of the molecule is COC(=O)CCC(=O)N[C@H](Cc1ccc(OC)c(Cl)c1)C(=O)OC. The van der Waals surface area contributed by atoms with Gasteiger partial charge in [0.15, 0.2) is 0 Å². The van der Waals surface area contributed by atoms with Gasteiger partial charge in [0.05, 0.1) is 32.8 Å². The first-order chi connectivity index (χ1) is 11.4. The van der Waals surface area contributed by atoms with Crippen LogP contribution in [0.15, 0.2) is 18.2 Å². The minimum atomic E-state index is -0.885. The van der Waals surface area contributed by atoms with Gasteiger partial charge in [-0.05, 0) is 17.7 Å². The summed E-state index contributed by atoms with van der Waals surface area (Å²) in [4.78, 5) is 34.8. The number of rotatable bonds is 8. The van der Waals surface area contributed by atoms with Crippen molar-refractivity contribution in [1.82, 2.24) is 5.32 Å². The minimum absolute atomic E-state index is 0.0649. The maximum atomic E-state index is 11.9. The van der Waals surface area contributed by atoms with Crippen LogP contribution in [0, 0.1) is 0 Å². The lowest BCUT2D eigenvalue weighted by Gasteiger charge is -2.17. The molecule has 7 nitrogen and oxygen atoms in total. The molecule has 0 aromatic heterocycles. The summed E-state index contributed by atoms with van der Waals surface area (Å²) in [6.45, 7) is 0. The molecule has 1 aromatic carbocycles. The first kappa shape index (κ1) is 19.8. The normalized spacial score (nSPS) is 11.3. The Labute approximate surface area is 145 Å². The Hall–Kier alpha value is -2.28. The summed E-state index contributed by atoms with van der Waals surface area (Å²) in [5.41, 5.74) is 0.726. The molecule has 0 unspecified atom stereocenters. The number of methoxy groups -OCH3 is 3. The van der Waals surface area contributed by atoms with E-state index in [0.717, 1.165) is 5.56 Å². The summed E-state index contributed by atoms with van der Waals surface area (Å²) in [6, 6.07) is 4.17. The number of esters is 2. The van der Waals surface area contributed by atoms with Gasteiger partial charge in [0, 0.05) is 12.8 Å². The Balaban J connectivity index is 2.75. The van der Waals surface area contributed by atoms with Gasteiger partial charge >= 0.3 is 11.9 Å². The molecule has 1 rings (SSSR count). The van der Waals surface area contributed by atoms with Gasteiger partial charge in [-0.15, -0.1) is 0 Å². The van der Waals surface area contributed by atoms with E-state index in [9.17, 15) is 14.4 Å². The third kappa shape index (κ3) is 6.08. The van der Waals surface area contributed by atoms with Crippen molar-refractivity contribution < 1.29 is 28.6 Å². The van der Waals surface area contributed by atoms with Gasteiger partial charge in [-0.1, -0.05) is 17.7 Å². The van der Waals surface area contributed by atoms with Crippen molar-refractivity contribution in [2.24, 2.45) is 0 Å². The Morgan fingerprint density at radius 2 is 1.83 bits per heavy atom. The molecule has 0 saturated carbocycles. The third-order valence-corrected chi connectivity index (χ3v) is 3.56. The van der Waals surface area contributed by atoms with Crippen LogP contribution >= 0.6 is 11.6 Å². The molecule has 0 bridgehead atoms. The molecule has 0 spiro atoms. The van der Waals surface area contributed by atoms with Crippen LogP contribution in [0.4, 0.5) is 0 Å². The van der Waals surface area contributed by atoms with Crippen molar-refractivity contribution >= 4 is 29.4 Å². The monoisotopic (exact) mass is 357 g/mol. The quantitative estimate of drug-likeness (QED) is 0.709. The molecule has 0 fully saturated rings. The van der Waals surface area contributed by atoms with E-state index in [-0.39, 0.29) is 19.3 Å². The number of carbonyl (C=O) groups is 3. The average molecular weight is 358 g/mol. The summed E-state index contributed by atoms with van der Waals surface area (Å²) in [7, 11) is 3.97. The molecule has 0 aliphatic carbocycles. The van der Waals surface area contributed by atoms with Crippen LogP contribution < -0.4 is 10.1 Å². The minimum Gasteiger partial charge on any atom is -0.495 e. The molecule has 1 amide bonds. The molecular weight excluding hydrogens is 338 g/mol. The molecule has 1 aromatic rings. The second kappa shape index (κ2) is 9.77. The van der Waals surface area contributed by atoms with Gasteiger partial charge < -0.3 is 19.5 Å². The lowest BCUT2D eigenvalue weighted by Crippen LogP contribution is -2.43. The average Bonchev–Trinajstić information content (AvgIpc) is 2.58. The lowest BCUT2D eigenvalue weighted by atomic mass is 10.1. The maximum Gasteiger partial charge on any atom is 0.328 e. The highest BCUT2D eigenvalue weighted by Gasteiger charge is 2.22. The first-order valence-electron chi connectivity index (χ1n) is 7.17. The van der Waals surface area contributed by atoms with Crippen molar-refractivity contribution in [3.63, 3.8) is 0 Å². The third-order valence-electron chi connectivity index (χ3n) is 3.26. The van der Waals surface area contributed by atoms with Crippen molar-refractivity contribution in [3.8, 4) is 5.75 Å². The highest BCUT2D eigenvalue weighted by Crippen LogP contribution is 2.25. The van der Waals surface area contributed by atoms with Crippen LogP contribution in [-0.4, -0.2) is 45.2 Å². The Kier molecular flexibility index (Phi) is 8.05. The van der Waals surface area contributed by atoms with Gasteiger partial charge in [0.1, 0.15) is 11.8 Å². The van der Waals surface area contributed by atoms with E-state index in [1.165, 1.54) is 21.3 Å². The molecule has 0 aliphatic heterocycles. The first-order valence-corrected chi connectivity index (χ1v) is 7.55. The second-order valence-electron chi connectivity index (χ2n) is 4.89. The van der Waals surface area contributed by atoms with Crippen LogP contribution in [-0.2, 0) is 30.3 Å². The second-order valence-corrected chi connectivity index (χ2v) is 5.30. The topological polar surface area (TPSA) is 90.9 Å². The van der Waals surface area contributed by atoms with E-state index in [0.29, 0.717) is 10.8 Å². The molecule has 0 aliphatic rings. The van der Waals surface area contributed by atoms with E-state index in [1.807, 2.05) is 0 Å². The molecule has 0 radical (unpaired) electrons. The van der Waals surface area contributed by atoms with Crippen molar-refractivity contribution in [2.45, 2.75) is 25.3 Å². The van der Waals surface area contributed by atoms with E-state index >= 15 is 0 Å². The fourth-order valence-electron chi connectivity index (χ4n) is 1.99. The number of benzene rings is 1. The Morgan fingerprint density at radius 3 is 2.38 bits per heavy atom. The number of nitrogens with one attached hydrogen (secondary N) is 1. The molecule has 8 heteroatoms. The van der Waals surface area contributed by atoms with Gasteiger partial charge in [-0.25, -0.2) is 4.79 Å². The summed E-state index contributed by atoms with van der Waals surface area (Å²) in [6.07, 6.45) is 0.0501. The number of carbonyl (C=O) groups excluding carboxylic acids is 3. The number of halogens is 1. The van der Waals surface area contributed by atoms with Crippen LogP contribution in [0.3, 0.4) is 0 Å². The number of ether oxygens (including phenoxy) is 3. The van der Waals surface area contributed by atoms with E-state index in [1.54, 1.807) is 18.2 Å². The Morgan fingerprint density at radius 1 is 1.12 bits per heavy atom. The van der Waals surface area contributed by atoms with Crippen molar-refractivity contribution in [1.29, 1.82) is 0 Å².